The maximum atomic E-state index is 5.96. The van der Waals surface area contributed by atoms with Gasteiger partial charge in [-0.15, -0.1) is 0 Å². The number of methoxy groups -OCH3 is 1. The van der Waals surface area contributed by atoms with E-state index in [-0.39, 0.29) is 5.41 Å². The summed E-state index contributed by atoms with van der Waals surface area (Å²) in [5, 5.41) is 12.2. The van der Waals surface area contributed by atoms with Crippen molar-refractivity contribution >= 4 is 38.9 Å². The molecule has 0 amide bonds. The summed E-state index contributed by atoms with van der Waals surface area (Å²) in [6, 6.07) is 13.4. The number of rotatable bonds is 10. The van der Waals surface area contributed by atoms with Gasteiger partial charge < -0.3 is 4.74 Å². The zero-order chi connectivity index (χ0) is 28.6. The predicted molar refractivity (Wildman–Crippen MR) is 163 cm³/mol. The van der Waals surface area contributed by atoms with Crippen molar-refractivity contribution in [2.24, 2.45) is 5.41 Å². The summed E-state index contributed by atoms with van der Waals surface area (Å²) in [6.07, 6.45) is 8.81. The van der Waals surface area contributed by atoms with Gasteiger partial charge >= 0.3 is 33.0 Å². The number of ether oxygens (including phenoxy) is 1. The van der Waals surface area contributed by atoms with Gasteiger partial charge in [-0.05, 0) is 101 Å². The summed E-state index contributed by atoms with van der Waals surface area (Å²) < 4.78 is 10.1. The minimum atomic E-state index is -0.684. The number of hydrogen-bond acceptors (Lipinski definition) is 3. The van der Waals surface area contributed by atoms with Crippen LogP contribution in [0.15, 0.2) is 61.2 Å². The van der Waals surface area contributed by atoms with Gasteiger partial charge in [0, 0.05) is 37.3 Å². The molecule has 0 saturated carbocycles. The zero-order valence-electron chi connectivity index (χ0n) is 23.8. The number of hydrogen-bond donors (Lipinski definition) is 0. The molecule has 0 aliphatic carbocycles. The molecule has 0 unspecified atom stereocenters. The number of benzene rings is 2. The average Bonchev–Trinajstić information content (AvgIpc) is 3.53. The Hall–Kier alpha value is -1.68. The van der Waals surface area contributed by atoms with Crippen LogP contribution in [-0.2, 0) is 30.5 Å². The van der Waals surface area contributed by atoms with Crippen LogP contribution in [0.2, 0.25) is 0 Å². The first-order valence-electron chi connectivity index (χ1n) is 12.8. The van der Waals surface area contributed by atoms with Gasteiger partial charge in [0.1, 0.15) is 0 Å². The molecule has 9 heteroatoms. The van der Waals surface area contributed by atoms with Gasteiger partial charge in [0.2, 0.25) is 0 Å². The zero-order valence-corrected chi connectivity index (χ0v) is 27.2. The van der Waals surface area contributed by atoms with E-state index in [2.05, 4.69) is 97.8 Å². The molecule has 0 bridgehead atoms. The molecule has 5 nitrogen and oxygen atoms in total. The van der Waals surface area contributed by atoms with E-state index in [9.17, 15) is 0 Å². The van der Waals surface area contributed by atoms with E-state index in [4.69, 9.17) is 25.1 Å². The molecule has 0 N–H and O–H groups in total. The van der Waals surface area contributed by atoms with E-state index in [0.717, 1.165) is 19.3 Å². The Balaban J connectivity index is 0.00000134. The van der Waals surface area contributed by atoms with Crippen molar-refractivity contribution in [2.75, 3.05) is 19.9 Å². The summed E-state index contributed by atoms with van der Waals surface area (Å²) in [5.41, 5.74) is 7.94. The number of aromatic nitrogens is 4. The van der Waals surface area contributed by atoms with E-state index in [0.29, 0.717) is 19.3 Å². The van der Waals surface area contributed by atoms with Crippen LogP contribution in [0.25, 0.3) is 0 Å². The van der Waals surface area contributed by atoms with Crippen LogP contribution in [0.4, 0.5) is 0 Å². The molecule has 214 valence electrons. The Labute approximate surface area is 249 Å². The number of aryl methyl sites for hydroxylation is 6. The molecule has 0 spiro atoms. The summed E-state index contributed by atoms with van der Waals surface area (Å²) in [5.74, 6) is 0. The molecule has 0 saturated heterocycles. The number of nitrogens with zero attached hydrogens (tertiary/aromatic N) is 4. The van der Waals surface area contributed by atoms with Gasteiger partial charge in [0.05, 0.1) is 19.7 Å². The first-order valence-corrected chi connectivity index (χ1v) is 17.1. The molecule has 2 aromatic heterocycles. The Morgan fingerprint density at radius 1 is 0.769 bits per heavy atom. The van der Waals surface area contributed by atoms with Crippen molar-refractivity contribution in [2.45, 2.75) is 54.6 Å². The summed E-state index contributed by atoms with van der Waals surface area (Å²) >= 11 is 0.569. The first-order chi connectivity index (χ1) is 18.6. The Morgan fingerprint density at radius 2 is 1.15 bits per heavy atom. The van der Waals surface area contributed by atoms with E-state index >= 15 is 0 Å². The molecule has 0 aliphatic rings. The Morgan fingerprint density at radius 3 is 1.46 bits per heavy atom. The monoisotopic (exact) mass is 630 g/mol. The molecule has 0 radical (unpaired) electrons. The molecule has 4 rings (SSSR count). The fraction of sp³-hybridized carbons (Fsp3) is 0.400. The van der Waals surface area contributed by atoms with Crippen LogP contribution < -0.4 is 10.6 Å². The molecule has 0 atom stereocenters. The van der Waals surface area contributed by atoms with Gasteiger partial charge in [-0.3, -0.25) is 9.36 Å². The Bertz CT molecular complexity index is 1190. The van der Waals surface area contributed by atoms with E-state index in [1.54, 1.807) is 0 Å². The molecule has 2 heterocycles. The fourth-order valence-electron chi connectivity index (χ4n) is 5.87. The van der Waals surface area contributed by atoms with Crippen LogP contribution in [-0.4, -0.2) is 39.4 Å². The van der Waals surface area contributed by atoms with Crippen LogP contribution >= 0.6 is 28.3 Å². The van der Waals surface area contributed by atoms with E-state index < -0.39 is 7.92 Å². The van der Waals surface area contributed by atoms with Crippen LogP contribution in [0, 0.1) is 47.0 Å². The second kappa shape index (κ2) is 14.8. The normalized spacial score (nSPS) is 11.6. The molecule has 2 aromatic carbocycles. The first kappa shape index (κ1) is 31.8. The van der Waals surface area contributed by atoms with Gasteiger partial charge in [0.25, 0.3) is 0 Å². The van der Waals surface area contributed by atoms with Crippen molar-refractivity contribution in [1.29, 1.82) is 0 Å². The second-order valence-corrected chi connectivity index (χ2v) is 14.2. The third-order valence-corrected chi connectivity index (χ3v) is 10.3. The molecule has 0 fully saturated rings. The van der Waals surface area contributed by atoms with Crippen molar-refractivity contribution in [3.8, 4) is 0 Å². The quantitative estimate of drug-likeness (QED) is 0.143. The predicted octanol–water partition coefficient (Wildman–Crippen LogP) is 6.77. The van der Waals surface area contributed by atoms with E-state index in [1.807, 2.05) is 31.6 Å². The summed E-state index contributed by atoms with van der Waals surface area (Å²) in [4.78, 5) is 0. The van der Waals surface area contributed by atoms with E-state index in [1.165, 1.54) is 44.0 Å². The SMILES string of the molecule is COCC(Cn1cccn1)(Cn1cccn1)CP(c1c(C)cc(C)cc1C)c1c(C)cc(C)cc1C.[Cl][Ni][Cl]. The summed E-state index contributed by atoms with van der Waals surface area (Å²) in [6.45, 7) is 15.7. The third kappa shape index (κ3) is 8.41. The summed E-state index contributed by atoms with van der Waals surface area (Å²) in [7, 11) is 10.5. The maximum absolute atomic E-state index is 5.96. The fourth-order valence-corrected chi connectivity index (χ4v) is 9.33. The van der Waals surface area contributed by atoms with Crippen molar-refractivity contribution in [3.63, 3.8) is 0 Å². The van der Waals surface area contributed by atoms with Gasteiger partial charge in [-0.1, -0.05) is 35.4 Å². The van der Waals surface area contributed by atoms with Crippen LogP contribution in [0.3, 0.4) is 0 Å². The van der Waals surface area contributed by atoms with Gasteiger partial charge in [-0.2, -0.15) is 10.2 Å². The van der Waals surface area contributed by atoms with Gasteiger partial charge in [-0.25, -0.2) is 0 Å². The molecular weight excluding hydrogens is 593 g/mol. The van der Waals surface area contributed by atoms with Crippen molar-refractivity contribution in [3.05, 3.63) is 94.6 Å². The third-order valence-electron chi connectivity index (χ3n) is 6.87. The topological polar surface area (TPSA) is 44.9 Å². The number of halogens is 2. The average molecular weight is 632 g/mol. The molecular formula is C30H39Cl2N4NiOP. The minimum absolute atomic E-state index is 0.202. The standard InChI is InChI=1S/C30H39N4OP.2ClH.Ni/c1-22-14-24(3)28(25(4)15-22)36(29-26(5)16-23(2)17-27(29)6)21-30(20-35-7,18-33-12-8-10-31-33)19-34-13-9-11-32-34;;;/h8-17H,18-21H2,1-7H3;2*1H;/q;;;+2/p-2. The van der Waals surface area contributed by atoms with Crippen molar-refractivity contribution < 1.29 is 17.4 Å². The van der Waals surface area contributed by atoms with Crippen molar-refractivity contribution in [1.82, 2.24) is 19.6 Å². The van der Waals surface area contributed by atoms with Crippen LogP contribution in [0.1, 0.15) is 33.4 Å². The Kier molecular flexibility index (Phi) is 12.1. The van der Waals surface area contributed by atoms with Gasteiger partial charge in [0.15, 0.2) is 0 Å². The van der Waals surface area contributed by atoms with Crippen LogP contribution in [0.5, 0.6) is 0 Å². The molecule has 39 heavy (non-hydrogen) atoms. The molecule has 4 aromatic rings. The molecule has 0 aliphatic heterocycles. The second-order valence-electron chi connectivity index (χ2n) is 10.5.